The van der Waals surface area contributed by atoms with Crippen molar-refractivity contribution in [1.29, 1.82) is 0 Å². The van der Waals surface area contributed by atoms with E-state index in [1.807, 2.05) is 0 Å². The highest BCUT2D eigenvalue weighted by molar-refractivity contribution is 5.92. The molecule has 2 aromatic carbocycles. The van der Waals surface area contributed by atoms with E-state index in [4.69, 9.17) is 19.9 Å². The van der Waals surface area contributed by atoms with Crippen LogP contribution in [-0.2, 0) is 10.9 Å². The molecule has 11 heteroatoms. The van der Waals surface area contributed by atoms with Crippen LogP contribution >= 0.6 is 0 Å². The highest BCUT2D eigenvalue weighted by Crippen LogP contribution is 2.38. The molecule has 0 unspecified atom stereocenters. The summed E-state index contributed by atoms with van der Waals surface area (Å²) in [6.07, 6.45) is -3.03. The number of aromatic nitrogens is 2. The van der Waals surface area contributed by atoms with Crippen LogP contribution in [0.3, 0.4) is 0 Å². The lowest BCUT2D eigenvalue weighted by Crippen LogP contribution is -2.17. The SMILES string of the molecule is COc1cc2nc(C)nc(N[C@H](C)c3cc(N)cc(C(F)(F)F)c3F)c2cc1OC[C@H]1CCCO1. The van der Waals surface area contributed by atoms with E-state index in [-0.39, 0.29) is 17.4 Å². The van der Waals surface area contributed by atoms with Crippen molar-refractivity contribution in [3.05, 3.63) is 47.0 Å². The minimum atomic E-state index is -4.88. The lowest BCUT2D eigenvalue weighted by molar-refractivity contribution is -0.140. The summed E-state index contributed by atoms with van der Waals surface area (Å²) in [7, 11) is 1.51. The highest BCUT2D eigenvalue weighted by Gasteiger charge is 2.36. The first-order chi connectivity index (χ1) is 16.6. The number of fused-ring (bicyclic) bond motifs is 1. The van der Waals surface area contributed by atoms with Gasteiger partial charge in [-0.1, -0.05) is 0 Å². The molecule has 1 fully saturated rings. The van der Waals surface area contributed by atoms with Gasteiger partial charge in [-0.05, 0) is 44.9 Å². The number of alkyl halides is 3. The van der Waals surface area contributed by atoms with E-state index in [0.717, 1.165) is 12.8 Å². The molecule has 4 rings (SSSR count). The minimum Gasteiger partial charge on any atom is -0.493 e. The molecule has 7 nitrogen and oxygen atoms in total. The maximum atomic E-state index is 14.8. The van der Waals surface area contributed by atoms with E-state index >= 15 is 0 Å². The Morgan fingerprint density at radius 2 is 1.97 bits per heavy atom. The maximum absolute atomic E-state index is 14.8. The molecule has 0 amide bonds. The van der Waals surface area contributed by atoms with Crippen molar-refractivity contribution in [2.24, 2.45) is 0 Å². The average Bonchev–Trinajstić information content (AvgIpc) is 3.31. The lowest BCUT2D eigenvalue weighted by Gasteiger charge is -2.21. The molecule has 188 valence electrons. The van der Waals surface area contributed by atoms with Crippen LogP contribution in [0.2, 0.25) is 0 Å². The number of rotatable bonds is 7. The van der Waals surface area contributed by atoms with E-state index < -0.39 is 23.6 Å². The number of nitrogens with one attached hydrogen (secondary N) is 1. The molecular weight excluding hydrogens is 468 g/mol. The van der Waals surface area contributed by atoms with Gasteiger partial charge in [0.15, 0.2) is 11.5 Å². The minimum absolute atomic E-state index is 0.0170. The molecule has 1 aliphatic heterocycles. The fraction of sp³-hybridized carbons (Fsp3) is 0.417. The van der Waals surface area contributed by atoms with Crippen molar-refractivity contribution in [1.82, 2.24) is 9.97 Å². The Balaban J connectivity index is 1.70. The Hall–Kier alpha value is -3.34. The van der Waals surface area contributed by atoms with Gasteiger partial charge in [0.1, 0.15) is 24.1 Å². The van der Waals surface area contributed by atoms with Crippen molar-refractivity contribution in [3.63, 3.8) is 0 Å². The van der Waals surface area contributed by atoms with Gasteiger partial charge in [-0.2, -0.15) is 13.2 Å². The van der Waals surface area contributed by atoms with Gasteiger partial charge in [0, 0.05) is 29.3 Å². The van der Waals surface area contributed by atoms with Crippen LogP contribution in [0.5, 0.6) is 11.5 Å². The van der Waals surface area contributed by atoms with Crippen LogP contribution in [0.15, 0.2) is 24.3 Å². The van der Waals surface area contributed by atoms with Crippen molar-refractivity contribution in [2.75, 3.05) is 31.4 Å². The number of nitrogen functional groups attached to an aromatic ring is 1. The number of aryl methyl sites for hydroxylation is 1. The molecule has 3 N–H and O–H groups in total. The Morgan fingerprint density at radius 1 is 1.20 bits per heavy atom. The summed E-state index contributed by atoms with van der Waals surface area (Å²) < 4.78 is 71.7. The number of ether oxygens (including phenoxy) is 3. The fourth-order valence-electron chi connectivity index (χ4n) is 4.07. The van der Waals surface area contributed by atoms with E-state index in [9.17, 15) is 17.6 Å². The van der Waals surface area contributed by atoms with Crippen molar-refractivity contribution in [3.8, 4) is 11.5 Å². The highest BCUT2D eigenvalue weighted by atomic mass is 19.4. The number of nitrogens with two attached hydrogens (primary N) is 1. The van der Waals surface area contributed by atoms with Gasteiger partial charge in [-0.3, -0.25) is 0 Å². The summed E-state index contributed by atoms with van der Waals surface area (Å²) in [5.74, 6) is 0.229. The van der Waals surface area contributed by atoms with Crippen LogP contribution in [-0.4, -0.2) is 36.4 Å². The first-order valence-electron chi connectivity index (χ1n) is 11.1. The fourth-order valence-corrected chi connectivity index (χ4v) is 4.07. The molecule has 1 aromatic heterocycles. The van der Waals surface area contributed by atoms with E-state index in [1.165, 1.54) is 20.1 Å². The molecule has 0 bridgehead atoms. The number of nitrogens with zero attached hydrogens (tertiary/aromatic N) is 2. The predicted molar refractivity (Wildman–Crippen MR) is 123 cm³/mol. The average molecular weight is 494 g/mol. The number of benzene rings is 2. The molecular formula is C24H26F4N4O3. The summed E-state index contributed by atoms with van der Waals surface area (Å²) in [5.41, 5.74) is 4.33. The molecule has 0 saturated carbocycles. The lowest BCUT2D eigenvalue weighted by atomic mass is 10.0. The predicted octanol–water partition coefficient (Wildman–Crippen LogP) is 5.42. The second-order valence-electron chi connectivity index (χ2n) is 8.42. The van der Waals surface area contributed by atoms with E-state index in [2.05, 4.69) is 15.3 Å². The van der Waals surface area contributed by atoms with Crippen molar-refractivity contribution in [2.45, 2.75) is 45.0 Å². The maximum Gasteiger partial charge on any atom is 0.419 e. The number of hydrogen-bond donors (Lipinski definition) is 2. The van der Waals surface area contributed by atoms with E-state index in [1.54, 1.807) is 19.1 Å². The second kappa shape index (κ2) is 9.73. The van der Waals surface area contributed by atoms with E-state index in [0.29, 0.717) is 53.3 Å². The van der Waals surface area contributed by atoms with Crippen molar-refractivity contribution < 1.29 is 31.8 Å². The largest absolute Gasteiger partial charge is 0.493 e. The Bertz CT molecular complexity index is 1230. The van der Waals surface area contributed by atoms with Gasteiger partial charge in [-0.25, -0.2) is 14.4 Å². The second-order valence-corrected chi connectivity index (χ2v) is 8.42. The monoisotopic (exact) mass is 494 g/mol. The normalized spacial score (nSPS) is 16.9. The summed E-state index contributed by atoms with van der Waals surface area (Å²) >= 11 is 0. The smallest absolute Gasteiger partial charge is 0.419 e. The quantitative estimate of drug-likeness (QED) is 0.335. The zero-order chi connectivity index (χ0) is 25.3. The Morgan fingerprint density at radius 3 is 2.63 bits per heavy atom. The zero-order valence-corrected chi connectivity index (χ0v) is 19.5. The summed E-state index contributed by atoms with van der Waals surface area (Å²) in [5, 5.41) is 3.55. The molecule has 3 aromatic rings. The number of methoxy groups -OCH3 is 1. The molecule has 35 heavy (non-hydrogen) atoms. The number of hydrogen-bond acceptors (Lipinski definition) is 7. The standard InChI is InChI=1S/C24H26F4N4O3/c1-12(16-7-14(29)8-18(22(16)25)24(26,27)28)30-23-17-9-21(35-11-15-5-4-6-34-15)20(33-3)10-19(17)31-13(2)32-23/h7-10,12,15H,4-6,11,29H2,1-3H3,(H,30,31,32)/t12-,15-/m1/s1. The van der Waals surface area contributed by atoms with Crippen LogP contribution in [0.4, 0.5) is 29.1 Å². The van der Waals surface area contributed by atoms with Crippen LogP contribution < -0.4 is 20.5 Å². The zero-order valence-electron chi connectivity index (χ0n) is 19.5. The third-order valence-electron chi connectivity index (χ3n) is 5.79. The number of halogens is 4. The van der Waals surface area contributed by atoms with Crippen LogP contribution in [0, 0.1) is 12.7 Å². The Labute approximate surface area is 199 Å². The molecule has 1 aliphatic rings. The summed E-state index contributed by atoms with van der Waals surface area (Å²) in [4.78, 5) is 8.83. The molecule has 0 aliphatic carbocycles. The van der Waals surface area contributed by atoms with Crippen molar-refractivity contribution >= 4 is 22.4 Å². The van der Waals surface area contributed by atoms with Crippen LogP contribution in [0.1, 0.15) is 42.8 Å². The van der Waals surface area contributed by atoms with Crippen LogP contribution in [0.25, 0.3) is 10.9 Å². The van der Waals surface area contributed by atoms with Gasteiger partial charge in [0.2, 0.25) is 0 Å². The van der Waals surface area contributed by atoms with Gasteiger partial charge < -0.3 is 25.3 Å². The molecule has 2 atom stereocenters. The summed E-state index contributed by atoms with van der Waals surface area (Å²) in [6, 6.07) is 4.25. The third-order valence-corrected chi connectivity index (χ3v) is 5.79. The van der Waals surface area contributed by atoms with Gasteiger partial charge in [0.05, 0.1) is 30.3 Å². The topological polar surface area (TPSA) is 91.5 Å². The van der Waals surface area contributed by atoms with Gasteiger partial charge in [-0.15, -0.1) is 0 Å². The van der Waals surface area contributed by atoms with Gasteiger partial charge in [0.25, 0.3) is 0 Å². The first-order valence-corrected chi connectivity index (χ1v) is 11.1. The summed E-state index contributed by atoms with van der Waals surface area (Å²) in [6.45, 7) is 4.23. The third kappa shape index (κ3) is 5.34. The first kappa shape index (κ1) is 24.8. The molecule has 0 spiro atoms. The number of anilines is 2. The molecule has 0 radical (unpaired) electrons. The Kier molecular flexibility index (Phi) is 6.88. The molecule has 2 heterocycles. The molecule has 1 saturated heterocycles. The van der Waals surface area contributed by atoms with Gasteiger partial charge >= 0.3 is 6.18 Å².